The van der Waals surface area contributed by atoms with Crippen LogP contribution >= 0.6 is 11.8 Å². The molecule has 0 radical (unpaired) electrons. The number of amides is 2. The van der Waals surface area contributed by atoms with E-state index in [9.17, 15) is 9.59 Å². The number of rotatable bonds is 8. The molecule has 0 aliphatic rings. The van der Waals surface area contributed by atoms with Crippen molar-refractivity contribution in [2.45, 2.75) is 25.0 Å². The van der Waals surface area contributed by atoms with Crippen LogP contribution in [-0.4, -0.2) is 62.9 Å². The van der Waals surface area contributed by atoms with E-state index in [1.807, 2.05) is 16.7 Å². The SMILES string of the molecule is CCCn1c(SCC(=O)NCC(=O)N(C)C)nnc1-c1ccncc1. The van der Waals surface area contributed by atoms with E-state index in [2.05, 4.69) is 27.4 Å². The van der Waals surface area contributed by atoms with Crippen LogP contribution in [0.15, 0.2) is 29.7 Å². The Kier molecular flexibility index (Phi) is 6.93. The van der Waals surface area contributed by atoms with Crippen molar-refractivity contribution >= 4 is 23.6 Å². The molecule has 2 amide bonds. The van der Waals surface area contributed by atoms with Crippen molar-refractivity contribution in [2.75, 3.05) is 26.4 Å². The quantitative estimate of drug-likeness (QED) is 0.706. The molecule has 2 aromatic heterocycles. The van der Waals surface area contributed by atoms with Gasteiger partial charge in [0.25, 0.3) is 0 Å². The zero-order chi connectivity index (χ0) is 18.2. The van der Waals surface area contributed by atoms with Gasteiger partial charge in [0.1, 0.15) is 0 Å². The largest absolute Gasteiger partial charge is 0.347 e. The minimum Gasteiger partial charge on any atom is -0.347 e. The molecule has 0 saturated heterocycles. The normalized spacial score (nSPS) is 10.5. The lowest BCUT2D eigenvalue weighted by Crippen LogP contribution is -2.37. The lowest BCUT2D eigenvalue weighted by Gasteiger charge is -2.11. The molecule has 1 N–H and O–H groups in total. The Morgan fingerprint density at radius 2 is 1.96 bits per heavy atom. The molecule has 0 fully saturated rings. The van der Waals surface area contributed by atoms with Crippen molar-refractivity contribution in [1.82, 2.24) is 30.0 Å². The van der Waals surface area contributed by atoms with Crippen molar-refractivity contribution in [2.24, 2.45) is 0 Å². The van der Waals surface area contributed by atoms with Gasteiger partial charge < -0.3 is 14.8 Å². The zero-order valence-electron chi connectivity index (χ0n) is 14.6. The number of nitrogens with one attached hydrogen (secondary N) is 1. The molecule has 0 bridgehead atoms. The van der Waals surface area contributed by atoms with Gasteiger partial charge in [-0.1, -0.05) is 18.7 Å². The molecule has 0 aliphatic heterocycles. The number of thioether (sulfide) groups is 1. The van der Waals surface area contributed by atoms with Crippen LogP contribution in [0.5, 0.6) is 0 Å². The van der Waals surface area contributed by atoms with E-state index in [1.54, 1.807) is 26.5 Å². The summed E-state index contributed by atoms with van der Waals surface area (Å²) in [4.78, 5) is 28.9. The molecule has 2 aromatic rings. The lowest BCUT2D eigenvalue weighted by atomic mass is 10.2. The van der Waals surface area contributed by atoms with Crippen molar-refractivity contribution in [3.8, 4) is 11.4 Å². The summed E-state index contributed by atoms with van der Waals surface area (Å²) in [6.45, 7) is 2.83. The second-order valence-electron chi connectivity index (χ2n) is 5.55. The van der Waals surface area contributed by atoms with Crippen LogP contribution in [-0.2, 0) is 16.1 Å². The predicted octanol–water partition coefficient (Wildman–Crippen LogP) is 1.05. The van der Waals surface area contributed by atoms with E-state index in [-0.39, 0.29) is 24.1 Å². The minimum atomic E-state index is -0.211. The first-order chi connectivity index (χ1) is 12.0. The molecule has 2 rings (SSSR count). The fourth-order valence-electron chi connectivity index (χ4n) is 2.05. The maximum atomic E-state index is 11.9. The Hall–Kier alpha value is -2.42. The van der Waals surface area contributed by atoms with Gasteiger partial charge in [-0.15, -0.1) is 10.2 Å². The van der Waals surface area contributed by atoms with Gasteiger partial charge in [-0.05, 0) is 18.6 Å². The molecule has 8 nitrogen and oxygen atoms in total. The molecule has 0 unspecified atom stereocenters. The van der Waals surface area contributed by atoms with Crippen molar-refractivity contribution in [3.05, 3.63) is 24.5 Å². The van der Waals surface area contributed by atoms with Crippen LogP contribution in [0.3, 0.4) is 0 Å². The van der Waals surface area contributed by atoms with Crippen LogP contribution in [0.2, 0.25) is 0 Å². The van der Waals surface area contributed by atoms with Gasteiger partial charge in [-0.3, -0.25) is 14.6 Å². The van der Waals surface area contributed by atoms with Crippen LogP contribution in [0.1, 0.15) is 13.3 Å². The third-order valence-electron chi connectivity index (χ3n) is 3.37. The molecule has 25 heavy (non-hydrogen) atoms. The van der Waals surface area contributed by atoms with E-state index < -0.39 is 0 Å². The maximum absolute atomic E-state index is 11.9. The monoisotopic (exact) mass is 362 g/mol. The van der Waals surface area contributed by atoms with Crippen LogP contribution in [0.4, 0.5) is 0 Å². The Morgan fingerprint density at radius 3 is 2.60 bits per heavy atom. The zero-order valence-corrected chi connectivity index (χ0v) is 15.4. The standard InChI is InChI=1S/C16H22N6O2S/c1-4-9-22-15(12-5-7-17-8-6-12)19-20-16(22)25-11-13(23)18-10-14(24)21(2)3/h5-8H,4,9-11H2,1-3H3,(H,18,23). The second-order valence-corrected chi connectivity index (χ2v) is 6.49. The third kappa shape index (κ3) is 5.28. The first-order valence-corrected chi connectivity index (χ1v) is 8.94. The van der Waals surface area contributed by atoms with Gasteiger partial charge in [-0.2, -0.15) is 0 Å². The maximum Gasteiger partial charge on any atom is 0.241 e. The van der Waals surface area contributed by atoms with Crippen molar-refractivity contribution in [1.29, 1.82) is 0 Å². The fraction of sp³-hybridized carbons (Fsp3) is 0.438. The molecule has 0 aromatic carbocycles. The number of carbonyl (C=O) groups is 2. The average molecular weight is 362 g/mol. The number of aromatic nitrogens is 4. The van der Waals surface area contributed by atoms with E-state index >= 15 is 0 Å². The highest BCUT2D eigenvalue weighted by Gasteiger charge is 2.15. The topological polar surface area (TPSA) is 93.0 Å². The lowest BCUT2D eigenvalue weighted by molar-refractivity contribution is -0.130. The summed E-state index contributed by atoms with van der Waals surface area (Å²) in [5, 5.41) is 11.7. The first-order valence-electron chi connectivity index (χ1n) is 7.96. The van der Waals surface area contributed by atoms with Crippen molar-refractivity contribution < 1.29 is 9.59 Å². The summed E-state index contributed by atoms with van der Waals surface area (Å²) < 4.78 is 2.00. The smallest absolute Gasteiger partial charge is 0.241 e. The van der Waals surface area contributed by atoms with Gasteiger partial charge in [0.05, 0.1) is 12.3 Å². The summed E-state index contributed by atoms with van der Waals surface area (Å²) >= 11 is 1.31. The Labute approximate surface area is 151 Å². The molecule has 9 heteroatoms. The first kappa shape index (κ1) is 18.9. The fourth-order valence-corrected chi connectivity index (χ4v) is 2.84. The molecule has 0 saturated carbocycles. The summed E-state index contributed by atoms with van der Waals surface area (Å²) in [7, 11) is 3.30. The molecule has 0 spiro atoms. The van der Waals surface area contributed by atoms with E-state index in [0.29, 0.717) is 5.16 Å². The van der Waals surface area contributed by atoms with E-state index in [0.717, 1.165) is 24.4 Å². The number of hydrogen-bond acceptors (Lipinski definition) is 6. The van der Waals surface area contributed by atoms with Gasteiger partial charge in [0, 0.05) is 38.6 Å². The highest BCUT2D eigenvalue weighted by molar-refractivity contribution is 7.99. The van der Waals surface area contributed by atoms with E-state index in [1.165, 1.54) is 16.7 Å². The van der Waals surface area contributed by atoms with Gasteiger partial charge in [0.15, 0.2) is 11.0 Å². The van der Waals surface area contributed by atoms with Crippen LogP contribution in [0.25, 0.3) is 11.4 Å². The van der Waals surface area contributed by atoms with E-state index in [4.69, 9.17) is 0 Å². The molecular weight excluding hydrogens is 340 g/mol. The Balaban J connectivity index is 2.01. The number of pyridine rings is 1. The highest BCUT2D eigenvalue weighted by atomic mass is 32.2. The molecule has 134 valence electrons. The van der Waals surface area contributed by atoms with Crippen LogP contribution in [0, 0.1) is 0 Å². The van der Waals surface area contributed by atoms with Gasteiger partial charge in [-0.25, -0.2) is 0 Å². The Bertz CT molecular complexity index is 717. The highest BCUT2D eigenvalue weighted by Crippen LogP contribution is 2.23. The summed E-state index contributed by atoms with van der Waals surface area (Å²) in [6.07, 6.45) is 4.35. The summed E-state index contributed by atoms with van der Waals surface area (Å²) in [5.41, 5.74) is 0.934. The summed E-state index contributed by atoms with van der Waals surface area (Å²) in [6, 6.07) is 3.76. The van der Waals surface area contributed by atoms with Gasteiger partial charge in [0.2, 0.25) is 11.8 Å². The third-order valence-corrected chi connectivity index (χ3v) is 4.34. The average Bonchev–Trinajstić information content (AvgIpc) is 3.01. The minimum absolute atomic E-state index is 0.00366. The molecule has 2 heterocycles. The summed E-state index contributed by atoms with van der Waals surface area (Å²) in [5.74, 6) is 0.581. The predicted molar refractivity (Wildman–Crippen MR) is 96.0 cm³/mol. The molecule has 0 atom stereocenters. The molecular formula is C16H22N6O2S. The van der Waals surface area contributed by atoms with Gasteiger partial charge >= 0.3 is 0 Å². The van der Waals surface area contributed by atoms with Crippen LogP contribution < -0.4 is 5.32 Å². The van der Waals surface area contributed by atoms with Crippen molar-refractivity contribution in [3.63, 3.8) is 0 Å². The number of hydrogen-bond donors (Lipinski definition) is 1. The second kappa shape index (κ2) is 9.16. The number of nitrogens with zero attached hydrogens (tertiary/aromatic N) is 5. The Morgan fingerprint density at radius 1 is 1.24 bits per heavy atom. The molecule has 0 aliphatic carbocycles. The number of likely N-dealkylation sites (N-methyl/N-ethyl adjacent to an activating group) is 1. The number of carbonyl (C=O) groups excluding carboxylic acids is 2.